The van der Waals surface area contributed by atoms with Crippen molar-refractivity contribution in [3.05, 3.63) is 66.2 Å². The van der Waals surface area contributed by atoms with Gasteiger partial charge in [-0.3, -0.25) is 9.59 Å². The average molecular weight is 711 g/mol. The van der Waals surface area contributed by atoms with Gasteiger partial charge in [0, 0.05) is 25.7 Å². The summed E-state index contributed by atoms with van der Waals surface area (Å²) in [6.07, 6.45) is 0.947. The molecule has 1 heterocycles. The maximum absolute atomic E-state index is 14.0. The molecule has 0 bridgehead atoms. The average Bonchev–Trinajstić information content (AvgIpc) is 3.09. The molecule has 278 valence electrons. The third-order valence-electron chi connectivity index (χ3n) is 8.08. The van der Waals surface area contributed by atoms with Crippen LogP contribution in [0.3, 0.4) is 0 Å². The van der Waals surface area contributed by atoms with Crippen molar-refractivity contribution < 1.29 is 52.4 Å². The molecule has 2 aromatic carbocycles. The third kappa shape index (κ3) is 11.8. The SMILES string of the molecule is C=CC(=O)OCC(C)(C)C(=O)C(=O)N1CCN(C)C[C@H]1C(=O)O[C@H](CCc1ccc(OC)c(OC)c1)c1cccc(OCC(=O)OC(C)(C)C)c1. The first kappa shape index (κ1) is 40.5. The Morgan fingerprint density at radius 2 is 1.67 bits per heavy atom. The molecular formula is C38H50N2O11. The number of carbonyl (C=O) groups excluding carboxylic acids is 5. The van der Waals surface area contributed by atoms with Gasteiger partial charge in [-0.05, 0) is 89.9 Å². The van der Waals surface area contributed by atoms with Gasteiger partial charge in [0.25, 0.3) is 5.91 Å². The summed E-state index contributed by atoms with van der Waals surface area (Å²) in [5.74, 6) is -2.14. The number of amides is 1. The van der Waals surface area contributed by atoms with Crippen LogP contribution < -0.4 is 14.2 Å². The molecule has 0 unspecified atom stereocenters. The number of aryl methyl sites for hydroxylation is 1. The molecule has 1 saturated heterocycles. The monoisotopic (exact) mass is 710 g/mol. The Morgan fingerprint density at radius 3 is 2.31 bits per heavy atom. The molecule has 13 heteroatoms. The van der Waals surface area contributed by atoms with E-state index in [1.54, 1.807) is 65.3 Å². The Hall–Kier alpha value is -4.91. The molecule has 13 nitrogen and oxygen atoms in total. The molecule has 0 aromatic heterocycles. The molecule has 1 aliphatic heterocycles. The van der Waals surface area contributed by atoms with E-state index in [-0.39, 0.29) is 26.3 Å². The van der Waals surface area contributed by atoms with E-state index < -0.39 is 52.8 Å². The lowest BCUT2D eigenvalue weighted by atomic mass is 9.87. The number of piperazine rings is 1. The number of esters is 3. The number of ether oxygens (including phenoxy) is 6. The van der Waals surface area contributed by atoms with Crippen LogP contribution in [-0.4, -0.2) is 105 Å². The Morgan fingerprint density at radius 1 is 0.961 bits per heavy atom. The highest BCUT2D eigenvalue weighted by Crippen LogP contribution is 2.32. The number of nitrogens with zero attached hydrogens (tertiary/aromatic N) is 2. The first-order valence-electron chi connectivity index (χ1n) is 16.7. The Bertz CT molecular complexity index is 1580. The molecule has 0 saturated carbocycles. The number of methoxy groups -OCH3 is 2. The molecular weight excluding hydrogens is 660 g/mol. The van der Waals surface area contributed by atoms with Crippen molar-refractivity contribution in [1.82, 2.24) is 9.80 Å². The van der Waals surface area contributed by atoms with Crippen LogP contribution >= 0.6 is 0 Å². The van der Waals surface area contributed by atoms with Crippen LogP contribution in [0.2, 0.25) is 0 Å². The number of likely N-dealkylation sites (N-methyl/N-ethyl adjacent to an activating group) is 1. The highest BCUT2D eigenvalue weighted by molar-refractivity contribution is 6.38. The summed E-state index contributed by atoms with van der Waals surface area (Å²) in [5.41, 5.74) is -0.540. The van der Waals surface area contributed by atoms with Crippen LogP contribution in [0.1, 0.15) is 58.3 Å². The summed E-state index contributed by atoms with van der Waals surface area (Å²) in [4.78, 5) is 68.1. The summed E-state index contributed by atoms with van der Waals surface area (Å²) in [6, 6.07) is 11.3. The van der Waals surface area contributed by atoms with Crippen LogP contribution in [0.4, 0.5) is 0 Å². The van der Waals surface area contributed by atoms with Gasteiger partial charge in [-0.2, -0.15) is 0 Å². The summed E-state index contributed by atoms with van der Waals surface area (Å²) in [7, 11) is 4.90. The number of hydrogen-bond donors (Lipinski definition) is 0. The number of Topliss-reactive ketones (excluding diaryl/α,β-unsaturated/α-hetero) is 1. The predicted molar refractivity (Wildman–Crippen MR) is 187 cm³/mol. The highest BCUT2D eigenvalue weighted by atomic mass is 16.6. The van der Waals surface area contributed by atoms with Crippen LogP contribution in [-0.2, 0) is 44.6 Å². The Balaban J connectivity index is 1.89. The second-order valence-corrected chi connectivity index (χ2v) is 13.9. The summed E-state index contributed by atoms with van der Waals surface area (Å²) >= 11 is 0. The molecule has 0 radical (unpaired) electrons. The number of carbonyl (C=O) groups is 5. The first-order chi connectivity index (χ1) is 24.0. The third-order valence-corrected chi connectivity index (χ3v) is 8.08. The Kier molecular flexibility index (Phi) is 14.2. The van der Waals surface area contributed by atoms with E-state index >= 15 is 0 Å². The maximum Gasteiger partial charge on any atom is 0.344 e. The van der Waals surface area contributed by atoms with Gasteiger partial charge in [0.05, 0.1) is 19.6 Å². The quantitative estimate of drug-likeness (QED) is 0.107. The fourth-order valence-corrected chi connectivity index (χ4v) is 5.32. The van der Waals surface area contributed by atoms with Gasteiger partial charge in [-0.1, -0.05) is 24.8 Å². The summed E-state index contributed by atoms with van der Waals surface area (Å²) in [5, 5.41) is 0. The zero-order chi connectivity index (χ0) is 37.9. The zero-order valence-corrected chi connectivity index (χ0v) is 30.8. The van der Waals surface area contributed by atoms with Crippen molar-refractivity contribution in [2.24, 2.45) is 5.41 Å². The van der Waals surface area contributed by atoms with Gasteiger partial charge >= 0.3 is 17.9 Å². The van der Waals surface area contributed by atoms with Crippen LogP contribution in [0.5, 0.6) is 17.2 Å². The van der Waals surface area contributed by atoms with E-state index in [0.29, 0.717) is 42.2 Å². The minimum Gasteiger partial charge on any atom is -0.493 e. The molecule has 1 amide bonds. The Labute approximate surface area is 299 Å². The number of ketones is 1. The largest absolute Gasteiger partial charge is 0.493 e. The second-order valence-electron chi connectivity index (χ2n) is 13.9. The zero-order valence-electron chi connectivity index (χ0n) is 30.8. The lowest BCUT2D eigenvalue weighted by Gasteiger charge is -2.39. The maximum atomic E-state index is 14.0. The lowest BCUT2D eigenvalue weighted by Crippen LogP contribution is -2.60. The van der Waals surface area contributed by atoms with Crippen LogP contribution in [0.25, 0.3) is 0 Å². The van der Waals surface area contributed by atoms with Gasteiger partial charge in [0.2, 0.25) is 5.78 Å². The topological polar surface area (TPSA) is 147 Å². The van der Waals surface area contributed by atoms with Crippen LogP contribution in [0.15, 0.2) is 55.1 Å². The fourth-order valence-electron chi connectivity index (χ4n) is 5.32. The first-order valence-corrected chi connectivity index (χ1v) is 16.7. The summed E-state index contributed by atoms with van der Waals surface area (Å²) < 4.78 is 33.1. The van der Waals surface area contributed by atoms with Crippen molar-refractivity contribution in [2.45, 2.75) is 65.2 Å². The fraction of sp³-hybridized carbons (Fsp3) is 0.500. The van der Waals surface area contributed by atoms with Crippen molar-refractivity contribution in [3.63, 3.8) is 0 Å². The highest BCUT2D eigenvalue weighted by Gasteiger charge is 2.43. The standard InChI is InChI=1S/C38H50N2O11/c1-10-32(41)49-24-38(5,6)34(43)35(44)40-19-18-39(7)22-28(40)36(45)50-29(16-14-25-15-17-30(46-8)31(20-25)47-9)26-12-11-13-27(21-26)48-23-33(42)51-37(2,3)4/h10-13,15,17,20-21,28-29H,1,14,16,18-19,22-24H2,2-9H3/t28-,29+/m0/s1. The van der Waals surface area contributed by atoms with Gasteiger partial charge in [-0.15, -0.1) is 0 Å². The smallest absolute Gasteiger partial charge is 0.344 e. The van der Waals surface area contributed by atoms with Crippen molar-refractivity contribution >= 4 is 29.6 Å². The van der Waals surface area contributed by atoms with Gasteiger partial charge in [0.15, 0.2) is 18.1 Å². The van der Waals surface area contributed by atoms with Crippen LogP contribution in [0, 0.1) is 5.41 Å². The number of benzene rings is 2. The molecule has 3 rings (SSSR count). The molecule has 1 fully saturated rings. The normalized spacial score (nSPS) is 15.6. The molecule has 0 spiro atoms. The molecule has 1 aliphatic rings. The lowest BCUT2D eigenvalue weighted by molar-refractivity contribution is -0.166. The van der Waals surface area contributed by atoms with Crippen molar-refractivity contribution in [2.75, 3.05) is 54.1 Å². The van der Waals surface area contributed by atoms with E-state index in [1.807, 2.05) is 24.1 Å². The molecule has 51 heavy (non-hydrogen) atoms. The number of rotatable bonds is 16. The molecule has 2 atom stereocenters. The predicted octanol–water partition coefficient (Wildman–Crippen LogP) is 4.11. The minimum atomic E-state index is -1.35. The summed E-state index contributed by atoms with van der Waals surface area (Å²) in [6.45, 7) is 11.6. The van der Waals surface area contributed by atoms with E-state index in [0.717, 1.165) is 11.6 Å². The second kappa shape index (κ2) is 17.8. The molecule has 0 N–H and O–H groups in total. The van der Waals surface area contributed by atoms with E-state index in [9.17, 15) is 24.0 Å². The van der Waals surface area contributed by atoms with Crippen molar-refractivity contribution in [1.29, 1.82) is 0 Å². The molecule has 2 aromatic rings. The van der Waals surface area contributed by atoms with E-state index in [4.69, 9.17) is 28.4 Å². The number of hydrogen-bond acceptors (Lipinski definition) is 12. The van der Waals surface area contributed by atoms with E-state index in [1.165, 1.54) is 18.7 Å². The minimum absolute atomic E-state index is 0.105. The van der Waals surface area contributed by atoms with Crippen molar-refractivity contribution in [3.8, 4) is 17.2 Å². The van der Waals surface area contributed by atoms with Gasteiger partial charge in [-0.25, -0.2) is 14.4 Å². The van der Waals surface area contributed by atoms with Gasteiger partial charge < -0.3 is 38.2 Å². The van der Waals surface area contributed by atoms with E-state index in [2.05, 4.69) is 6.58 Å². The van der Waals surface area contributed by atoms with Gasteiger partial charge in [0.1, 0.15) is 30.1 Å². The molecule has 0 aliphatic carbocycles.